The standard InChI is InChI=1S/C15H20N4O/c1-15(2,3)19-14(20)9-18-12-6-7-17-13-8-10(16)4-5-11(12)13/h4-8H,9,16H2,1-3H3,(H,17,18)(H,19,20). The molecule has 1 aromatic heterocycles. The number of hydrogen-bond donors (Lipinski definition) is 3. The first-order valence-corrected chi connectivity index (χ1v) is 6.54. The Labute approximate surface area is 118 Å². The number of carbonyl (C=O) groups excluding carboxylic acids is 1. The van der Waals surface area contributed by atoms with Crippen LogP contribution in [0.4, 0.5) is 11.4 Å². The van der Waals surface area contributed by atoms with Crippen LogP contribution in [0.1, 0.15) is 20.8 Å². The summed E-state index contributed by atoms with van der Waals surface area (Å²) in [7, 11) is 0. The van der Waals surface area contributed by atoms with E-state index < -0.39 is 0 Å². The van der Waals surface area contributed by atoms with Crippen molar-refractivity contribution in [3.05, 3.63) is 30.5 Å². The van der Waals surface area contributed by atoms with Crippen LogP contribution in [0.15, 0.2) is 30.5 Å². The summed E-state index contributed by atoms with van der Waals surface area (Å²) < 4.78 is 0. The number of anilines is 2. The third kappa shape index (κ3) is 3.60. The van der Waals surface area contributed by atoms with Gasteiger partial charge in [-0.1, -0.05) is 0 Å². The van der Waals surface area contributed by atoms with E-state index in [1.54, 1.807) is 6.20 Å². The van der Waals surface area contributed by atoms with Gasteiger partial charge in [0, 0.05) is 28.5 Å². The lowest BCUT2D eigenvalue weighted by Gasteiger charge is -2.21. The quantitative estimate of drug-likeness (QED) is 0.748. The number of nitrogens with one attached hydrogen (secondary N) is 2. The summed E-state index contributed by atoms with van der Waals surface area (Å²) in [6, 6.07) is 7.39. The second kappa shape index (κ2) is 5.36. The van der Waals surface area contributed by atoms with Crippen molar-refractivity contribution in [1.29, 1.82) is 0 Å². The van der Waals surface area contributed by atoms with Crippen molar-refractivity contribution in [3.63, 3.8) is 0 Å². The van der Waals surface area contributed by atoms with Gasteiger partial charge in [0.15, 0.2) is 0 Å². The number of nitrogens with zero attached hydrogens (tertiary/aromatic N) is 1. The van der Waals surface area contributed by atoms with Crippen molar-refractivity contribution in [3.8, 4) is 0 Å². The Morgan fingerprint density at radius 2 is 2.05 bits per heavy atom. The molecule has 0 saturated heterocycles. The molecule has 2 rings (SSSR count). The number of nitrogen functional groups attached to an aromatic ring is 1. The van der Waals surface area contributed by atoms with E-state index in [-0.39, 0.29) is 18.0 Å². The van der Waals surface area contributed by atoms with Crippen LogP contribution >= 0.6 is 0 Å². The first-order chi connectivity index (χ1) is 9.35. The average molecular weight is 272 g/mol. The molecular formula is C15H20N4O. The molecule has 1 amide bonds. The molecule has 5 heteroatoms. The molecule has 4 N–H and O–H groups in total. The Morgan fingerprint density at radius 3 is 2.75 bits per heavy atom. The van der Waals surface area contributed by atoms with E-state index in [2.05, 4.69) is 15.6 Å². The lowest BCUT2D eigenvalue weighted by molar-refractivity contribution is -0.120. The predicted molar refractivity (Wildman–Crippen MR) is 82.5 cm³/mol. The van der Waals surface area contributed by atoms with Gasteiger partial charge >= 0.3 is 0 Å². The highest BCUT2D eigenvalue weighted by Gasteiger charge is 2.13. The van der Waals surface area contributed by atoms with Gasteiger partial charge in [-0.15, -0.1) is 0 Å². The Morgan fingerprint density at radius 1 is 1.30 bits per heavy atom. The lowest BCUT2D eigenvalue weighted by atomic mass is 10.1. The van der Waals surface area contributed by atoms with E-state index in [9.17, 15) is 4.79 Å². The highest BCUT2D eigenvalue weighted by atomic mass is 16.2. The molecule has 106 valence electrons. The van der Waals surface area contributed by atoms with Gasteiger partial charge in [-0.05, 0) is 45.0 Å². The van der Waals surface area contributed by atoms with Gasteiger partial charge in [0.05, 0.1) is 12.1 Å². The number of pyridine rings is 1. The van der Waals surface area contributed by atoms with Crippen molar-refractivity contribution < 1.29 is 4.79 Å². The van der Waals surface area contributed by atoms with E-state index in [0.29, 0.717) is 5.69 Å². The summed E-state index contributed by atoms with van der Waals surface area (Å²) >= 11 is 0. The fourth-order valence-corrected chi connectivity index (χ4v) is 1.96. The van der Waals surface area contributed by atoms with Crippen molar-refractivity contribution in [2.24, 2.45) is 0 Å². The highest BCUT2D eigenvalue weighted by molar-refractivity contribution is 5.94. The SMILES string of the molecule is CC(C)(C)NC(=O)CNc1ccnc2cc(N)ccc12. The molecule has 5 nitrogen and oxygen atoms in total. The van der Waals surface area contributed by atoms with Crippen LogP contribution in [-0.4, -0.2) is 23.0 Å². The molecule has 1 heterocycles. The fourth-order valence-electron chi connectivity index (χ4n) is 1.96. The topological polar surface area (TPSA) is 80.0 Å². The number of rotatable bonds is 3. The highest BCUT2D eigenvalue weighted by Crippen LogP contribution is 2.23. The van der Waals surface area contributed by atoms with Gasteiger partial charge in [-0.2, -0.15) is 0 Å². The Bertz CT molecular complexity index is 631. The first kappa shape index (κ1) is 14.1. The van der Waals surface area contributed by atoms with Crippen LogP contribution in [0.2, 0.25) is 0 Å². The number of aromatic nitrogens is 1. The van der Waals surface area contributed by atoms with Crippen LogP contribution < -0.4 is 16.4 Å². The number of amides is 1. The summed E-state index contributed by atoms with van der Waals surface area (Å²) in [5.74, 6) is -0.0436. The third-order valence-corrected chi connectivity index (χ3v) is 2.72. The molecule has 0 aliphatic heterocycles. The van der Waals surface area contributed by atoms with Crippen molar-refractivity contribution in [2.75, 3.05) is 17.6 Å². The van der Waals surface area contributed by atoms with Crippen LogP contribution in [0, 0.1) is 0 Å². The third-order valence-electron chi connectivity index (χ3n) is 2.72. The number of benzene rings is 1. The summed E-state index contributed by atoms with van der Waals surface area (Å²) in [5.41, 5.74) is 7.87. The minimum atomic E-state index is -0.229. The van der Waals surface area contributed by atoms with Crippen LogP contribution in [0.3, 0.4) is 0 Å². The Kier molecular flexibility index (Phi) is 3.79. The molecular weight excluding hydrogens is 252 g/mol. The molecule has 0 aliphatic carbocycles. The maximum absolute atomic E-state index is 11.8. The molecule has 0 radical (unpaired) electrons. The van der Waals surface area contributed by atoms with Gasteiger partial charge < -0.3 is 16.4 Å². The smallest absolute Gasteiger partial charge is 0.239 e. The van der Waals surface area contributed by atoms with Crippen molar-refractivity contribution in [2.45, 2.75) is 26.3 Å². The number of nitrogens with two attached hydrogens (primary N) is 1. The Balaban J connectivity index is 2.12. The molecule has 0 saturated carbocycles. The number of fused-ring (bicyclic) bond motifs is 1. The monoisotopic (exact) mass is 272 g/mol. The van der Waals surface area contributed by atoms with Crippen LogP contribution in [0.25, 0.3) is 10.9 Å². The zero-order valence-corrected chi connectivity index (χ0v) is 12.0. The number of carbonyl (C=O) groups is 1. The minimum absolute atomic E-state index is 0.0436. The molecule has 0 bridgehead atoms. The average Bonchev–Trinajstić information content (AvgIpc) is 2.33. The van der Waals surface area contributed by atoms with Gasteiger partial charge in [0.25, 0.3) is 0 Å². The second-order valence-electron chi connectivity index (χ2n) is 5.79. The van der Waals surface area contributed by atoms with Gasteiger partial charge in [0.2, 0.25) is 5.91 Å². The molecule has 1 aromatic carbocycles. The van der Waals surface area contributed by atoms with Gasteiger partial charge in [0.1, 0.15) is 0 Å². The van der Waals surface area contributed by atoms with Gasteiger partial charge in [-0.25, -0.2) is 0 Å². The molecule has 20 heavy (non-hydrogen) atoms. The first-order valence-electron chi connectivity index (χ1n) is 6.54. The second-order valence-corrected chi connectivity index (χ2v) is 5.79. The van der Waals surface area contributed by atoms with E-state index in [1.165, 1.54) is 0 Å². The normalized spacial score (nSPS) is 11.3. The summed E-state index contributed by atoms with van der Waals surface area (Å²) in [5, 5.41) is 7.00. The number of hydrogen-bond acceptors (Lipinski definition) is 4. The van der Waals surface area contributed by atoms with Crippen LogP contribution in [-0.2, 0) is 4.79 Å². The van der Waals surface area contributed by atoms with Crippen molar-refractivity contribution >= 4 is 28.2 Å². The largest absolute Gasteiger partial charge is 0.399 e. The van der Waals surface area contributed by atoms with E-state index in [0.717, 1.165) is 16.6 Å². The summed E-state index contributed by atoms with van der Waals surface area (Å²) in [6.45, 7) is 6.08. The minimum Gasteiger partial charge on any atom is -0.399 e. The molecule has 2 aromatic rings. The molecule has 0 aliphatic rings. The maximum atomic E-state index is 11.8. The summed E-state index contributed by atoms with van der Waals surface area (Å²) in [4.78, 5) is 16.1. The van der Waals surface area contributed by atoms with E-state index in [4.69, 9.17) is 5.73 Å². The van der Waals surface area contributed by atoms with E-state index >= 15 is 0 Å². The lowest BCUT2D eigenvalue weighted by Crippen LogP contribution is -2.43. The predicted octanol–water partition coefficient (Wildman–Crippen LogP) is 2.14. The van der Waals surface area contributed by atoms with Gasteiger partial charge in [-0.3, -0.25) is 9.78 Å². The summed E-state index contributed by atoms with van der Waals surface area (Å²) in [6.07, 6.45) is 1.70. The molecule has 0 spiro atoms. The molecule has 0 atom stereocenters. The van der Waals surface area contributed by atoms with E-state index in [1.807, 2.05) is 45.0 Å². The van der Waals surface area contributed by atoms with Crippen LogP contribution in [0.5, 0.6) is 0 Å². The molecule has 0 fully saturated rings. The maximum Gasteiger partial charge on any atom is 0.239 e. The molecule has 0 unspecified atom stereocenters. The fraction of sp³-hybridized carbons (Fsp3) is 0.333. The zero-order valence-electron chi connectivity index (χ0n) is 12.0. The van der Waals surface area contributed by atoms with Crippen molar-refractivity contribution in [1.82, 2.24) is 10.3 Å². The Hall–Kier alpha value is -2.30. The zero-order chi connectivity index (χ0) is 14.8.